The Morgan fingerprint density at radius 1 is 0.935 bits per heavy atom. The van der Waals surface area contributed by atoms with Crippen LogP contribution in [-0.2, 0) is 6.42 Å². The van der Waals surface area contributed by atoms with E-state index < -0.39 is 11.8 Å². The Morgan fingerprint density at radius 3 is 2.13 bits per heavy atom. The molecule has 4 aromatic rings. The average molecular weight is 413 g/mol. The van der Waals surface area contributed by atoms with E-state index in [1.165, 1.54) is 40.5 Å². The lowest BCUT2D eigenvalue weighted by molar-refractivity contribution is 0.0698. The molecule has 31 heavy (non-hydrogen) atoms. The molecule has 0 aliphatic rings. The van der Waals surface area contributed by atoms with E-state index in [1.807, 2.05) is 24.3 Å². The highest BCUT2D eigenvalue weighted by molar-refractivity contribution is 6.05. The molecule has 0 bridgehead atoms. The third kappa shape index (κ3) is 3.70. The molecule has 4 rings (SSSR count). The molecule has 0 atom stereocenters. The van der Waals surface area contributed by atoms with Crippen LogP contribution < -0.4 is 0 Å². The molecule has 0 radical (unpaired) electrons. The van der Waals surface area contributed by atoms with E-state index in [0.29, 0.717) is 22.2 Å². The quantitative estimate of drug-likeness (QED) is 0.396. The van der Waals surface area contributed by atoms with Crippen molar-refractivity contribution in [1.82, 2.24) is 4.98 Å². The van der Waals surface area contributed by atoms with Gasteiger partial charge in [-0.1, -0.05) is 43.3 Å². The summed E-state index contributed by atoms with van der Waals surface area (Å²) < 4.78 is 13.7. The first kappa shape index (κ1) is 20.7. The van der Waals surface area contributed by atoms with Crippen molar-refractivity contribution in [2.45, 2.75) is 34.1 Å². The molecular formula is C27H24FNO2. The molecule has 0 saturated carbocycles. The van der Waals surface area contributed by atoms with Crippen LogP contribution in [0.1, 0.15) is 39.5 Å². The van der Waals surface area contributed by atoms with Crippen molar-refractivity contribution in [3.8, 4) is 22.4 Å². The summed E-state index contributed by atoms with van der Waals surface area (Å²) >= 11 is 0. The lowest BCUT2D eigenvalue weighted by Gasteiger charge is -2.15. The summed E-state index contributed by atoms with van der Waals surface area (Å²) in [7, 11) is 0. The Labute approximate surface area is 181 Å². The maximum Gasteiger partial charge on any atom is 0.336 e. The molecule has 0 aliphatic heterocycles. The summed E-state index contributed by atoms with van der Waals surface area (Å²) in [4.78, 5) is 16.6. The Kier molecular flexibility index (Phi) is 5.32. The van der Waals surface area contributed by atoms with E-state index in [9.17, 15) is 14.3 Å². The van der Waals surface area contributed by atoms with Crippen LogP contribution in [0.25, 0.3) is 33.3 Å². The molecule has 1 N–H and O–H groups in total. The molecule has 0 saturated heterocycles. The first-order chi connectivity index (χ1) is 14.8. The predicted molar refractivity (Wildman–Crippen MR) is 123 cm³/mol. The van der Waals surface area contributed by atoms with E-state index in [4.69, 9.17) is 0 Å². The Balaban J connectivity index is 1.85. The normalized spacial score (nSPS) is 11.1. The highest BCUT2D eigenvalue weighted by atomic mass is 19.1. The van der Waals surface area contributed by atoms with Crippen molar-refractivity contribution in [2.24, 2.45) is 0 Å². The molecule has 156 valence electrons. The van der Waals surface area contributed by atoms with Gasteiger partial charge in [-0.15, -0.1) is 0 Å². The zero-order valence-electron chi connectivity index (χ0n) is 18.1. The van der Waals surface area contributed by atoms with Gasteiger partial charge >= 0.3 is 5.97 Å². The highest BCUT2D eigenvalue weighted by Crippen LogP contribution is 2.33. The van der Waals surface area contributed by atoms with Crippen molar-refractivity contribution in [1.29, 1.82) is 0 Å². The zero-order valence-corrected chi connectivity index (χ0v) is 18.1. The van der Waals surface area contributed by atoms with E-state index in [2.05, 4.69) is 37.9 Å². The van der Waals surface area contributed by atoms with Crippen LogP contribution in [0.4, 0.5) is 4.39 Å². The number of nitrogens with zero attached hydrogens (tertiary/aromatic N) is 1. The molecule has 1 heterocycles. The second-order valence-electron chi connectivity index (χ2n) is 7.96. The van der Waals surface area contributed by atoms with E-state index in [1.54, 1.807) is 6.92 Å². The van der Waals surface area contributed by atoms with Crippen molar-refractivity contribution >= 4 is 16.9 Å². The number of fused-ring (bicyclic) bond motifs is 1. The first-order valence-corrected chi connectivity index (χ1v) is 10.3. The van der Waals surface area contributed by atoms with Crippen LogP contribution in [0.15, 0.2) is 54.6 Å². The molecule has 3 nitrogen and oxygen atoms in total. The number of aryl methyl sites for hydroxylation is 3. The van der Waals surface area contributed by atoms with E-state index >= 15 is 0 Å². The monoisotopic (exact) mass is 413 g/mol. The fourth-order valence-corrected chi connectivity index (χ4v) is 4.39. The number of carboxylic acids is 1. The SMILES string of the molecule is CCc1cc(C)c(-c2ccc(-c3nc4ccc(F)cc4c(C(=O)O)c3C)cc2)c(C)c1. The van der Waals surface area contributed by atoms with Crippen molar-refractivity contribution in [2.75, 3.05) is 0 Å². The Bertz CT molecular complexity index is 1300. The minimum atomic E-state index is -1.09. The smallest absolute Gasteiger partial charge is 0.336 e. The summed E-state index contributed by atoms with van der Waals surface area (Å²) in [6, 6.07) is 16.5. The van der Waals surface area contributed by atoms with Crippen molar-refractivity contribution in [3.05, 3.63) is 88.2 Å². The maximum atomic E-state index is 13.7. The lowest BCUT2D eigenvalue weighted by atomic mass is 9.91. The second kappa shape index (κ2) is 7.95. The number of hydrogen-bond donors (Lipinski definition) is 1. The van der Waals surface area contributed by atoms with Crippen LogP contribution in [0.5, 0.6) is 0 Å². The summed E-state index contributed by atoms with van der Waals surface area (Å²) in [5.74, 6) is -1.57. The number of benzene rings is 3. The average Bonchev–Trinajstić information content (AvgIpc) is 2.73. The third-order valence-electron chi connectivity index (χ3n) is 5.85. The van der Waals surface area contributed by atoms with Gasteiger partial charge < -0.3 is 5.11 Å². The van der Waals surface area contributed by atoms with Gasteiger partial charge in [0.15, 0.2) is 0 Å². The molecule has 3 aromatic carbocycles. The van der Waals surface area contributed by atoms with E-state index in [-0.39, 0.29) is 5.56 Å². The molecular weight excluding hydrogens is 389 g/mol. The van der Waals surface area contributed by atoms with Crippen molar-refractivity contribution in [3.63, 3.8) is 0 Å². The number of aromatic nitrogens is 1. The zero-order chi connectivity index (χ0) is 22.3. The van der Waals surface area contributed by atoms with Gasteiger partial charge in [0.2, 0.25) is 0 Å². The van der Waals surface area contributed by atoms with Gasteiger partial charge in [-0.25, -0.2) is 14.2 Å². The molecule has 0 amide bonds. The fraction of sp³-hybridized carbons (Fsp3) is 0.185. The van der Waals surface area contributed by atoms with Gasteiger partial charge in [0, 0.05) is 10.9 Å². The molecule has 0 unspecified atom stereocenters. The standard InChI is InChI=1S/C27H24FNO2/c1-5-18-12-15(2)24(16(3)13-18)19-6-8-20(9-7-19)26-17(4)25(27(30)31)22-14-21(28)10-11-23(22)29-26/h6-14H,5H2,1-4H3,(H,30,31). The summed E-state index contributed by atoms with van der Waals surface area (Å²) in [6.07, 6.45) is 1.00. The molecule has 1 aromatic heterocycles. The largest absolute Gasteiger partial charge is 0.478 e. The Hall–Kier alpha value is -3.53. The summed E-state index contributed by atoms with van der Waals surface area (Å²) in [6.45, 7) is 8.13. The van der Waals surface area contributed by atoms with Crippen molar-refractivity contribution < 1.29 is 14.3 Å². The second-order valence-corrected chi connectivity index (χ2v) is 7.96. The fourth-order valence-electron chi connectivity index (χ4n) is 4.39. The van der Waals surface area contributed by atoms with Gasteiger partial charge in [0.25, 0.3) is 0 Å². The number of hydrogen-bond acceptors (Lipinski definition) is 2. The number of carbonyl (C=O) groups is 1. The van der Waals surface area contributed by atoms with Gasteiger partial charge in [-0.3, -0.25) is 0 Å². The highest BCUT2D eigenvalue weighted by Gasteiger charge is 2.19. The van der Waals surface area contributed by atoms with Gasteiger partial charge in [0.1, 0.15) is 5.82 Å². The van der Waals surface area contributed by atoms with Gasteiger partial charge in [0.05, 0.1) is 16.8 Å². The minimum Gasteiger partial charge on any atom is -0.478 e. The topological polar surface area (TPSA) is 50.2 Å². The predicted octanol–water partition coefficient (Wildman–Crippen LogP) is 6.89. The van der Waals surface area contributed by atoms with Crippen LogP contribution in [0, 0.1) is 26.6 Å². The number of rotatable bonds is 4. The summed E-state index contributed by atoms with van der Waals surface area (Å²) in [5, 5.41) is 10.1. The minimum absolute atomic E-state index is 0.0884. The molecule has 0 spiro atoms. The molecule has 4 heteroatoms. The molecule has 0 fully saturated rings. The summed E-state index contributed by atoms with van der Waals surface area (Å²) in [5.41, 5.74) is 8.62. The number of pyridine rings is 1. The van der Waals surface area contributed by atoms with Crippen LogP contribution in [0.3, 0.4) is 0 Å². The Morgan fingerprint density at radius 2 is 1.55 bits per heavy atom. The third-order valence-corrected chi connectivity index (χ3v) is 5.85. The number of aromatic carboxylic acids is 1. The number of carboxylic acid groups (broad SMARTS) is 1. The number of halogens is 1. The van der Waals surface area contributed by atoms with Crippen LogP contribution in [-0.4, -0.2) is 16.1 Å². The van der Waals surface area contributed by atoms with Gasteiger partial charge in [-0.05, 0) is 78.8 Å². The first-order valence-electron chi connectivity index (χ1n) is 10.3. The van der Waals surface area contributed by atoms with Crippen LogP contribution in [0.2, 0.25) is 0 Å². The van der Waals surface area contributed by atoms with Crippen LogP contribution >= 0.6 is 0 Å². The van der Waals surface area contributed by atoms with E-state index in [0.717, 1.165) is 17.5 Å². The van der Waals surface area contributed by atoms with Gasteiger partial charge in [-0.2, -0.15) is 0 Å². The maximum absolute atomic E-state index is 13.7. The molecule has 0 aliphatic carbocycles. The lowest BCUT2D eigenvalue weighted by Crippen LogP contribution is -2.05.